The van der Waals surface area contributed by atoms with Gasteiger partial charge in [0, 0.05) is 5.41 Å². The fourth-order valence-electron chi connectivity index (χ4n) is 4.27. The lowest BCUT2D eigenvalue weighted by Crippen LogP contribution is -2.38. The van der Waals surface area contributed by atoms with E-state index in [1.165, 1.54) is 12.8 Å². The molecule has 3 rings (SSSR count). The van der Waals surface area contributed by atoms with Crippen molar-refractivity contribution in [3.8, 4) is 0 Å². The Morgan fingerprint density at radius 1 is 1.25 bits per heavy atom. The minimum Gasteiger partial charge on any atom is -0.462 e. The van der Waals surface area contributed by atoms with Crippen LogP contribution in [0, 0.1) is 16.7 Å². The second-order valence-electron chi connectivity index (χ2n) is 7.25. The second-order valence-corrected chi connectivity index (χ2v) is 7.25. The molecule has 0 amide bonds. The number of rotatable bonds is 3. The van der Waals surface area contributed by atoms with E-state index in [1.807, 2.05) is 30.3 Å². The minimum atomic E-state index is -0.0780. The summed E-state index contributed by atoms with van der Waals surface area (Å²) in [7, 11) is 0. The van der Waals surface area contributed by atoms with Gasteiger partial charge in [-0.2, -0.15) is 0 Å². The molecule has 0 spiro atoms. The second kappa shape index (κ2) is 4.61. The summed E-state index contributed by atoms with van der Waals surface area (Å²) >= 11 is 0. The topological polar surface area (TPSA) is 26.3 Å². The largest absolute Gasteiger partial charge is 0.462 e. The van der Waals surface area contributed by atoms with Crippen molar-refractivity contribution in [3.63, 3.8) is 0 Å². The highest BCUT2D eigenvalue weighted by Crippen LogP contribution is 2.66. The number of ether oxygens (including phenoxy) is 1. The summed E-state index contributed by atoms with van der Waals surface area (Å²) in [6.07, 6.45) is 4.01. The van der Waals surface area contributed by atoms with Crippen molar-refractivity contribution in [1.82, 2.24) is 0 Å². The zero-order valence-corrected chi connectivity index (χ0v) is 12.7. The van der Waals surface area contributed by atoms with Crippen molar-refractivity contribution < 1.29 is 9.53 Å². The van der Waals surface area contributed by atoms with E-state index in [-0.39, 0.29) is 17.5 Å². The van der Waals surface area contributed by atoms with Gasteiger partial charge in [0.05, 0.1) is 6.42 Å². The molecule has 2 bridgehead atoms. The van der Waals surface area contributed by atoms with Crippen molar-refractivity contribution in [2.24, 2.45) is 16.7 Å². The van der Waals surface area contributed by atoms with Crippen LogP contribution in [-0.4, -0.2) is 12.1 Å². The Hall–Kier alpha value is -1.31. The van der Waals surface area contributed by atoms with Gasteiger partial charge in [-0.25, -0.2) is 0 Å². The highest BCUT2D eigenvalue weighted by molar-refractivity contribution is 5.72. The van der Waals surface area contributed by atoms with Crippen LogP contribution >= 0.6 is 0 Å². The van der Waals surface area contributed by atoms with Crippen LogP contribution in [-0.2, 0) is 16.0 Å². The van der Waals surface area contributed by atoms with Gasteiger partial charge in [-0.3, -0.25) is 4.79 Å². The van der Waals surface area contributed by atoms with Crippen LogP contribution in [0.3, 0.4) is 0 Å². The van der Waals surface area contributed by atoms with E-state index < -0.39 is 0 Å². The van der Waals surface area contributed by atoms with Gasteiger partial charge in [-0.15, -0.1) is 0 Å². The maximum absolute atomic E-state index is 12.2. The van der Waals surface area contributed by atoms with Gasteiger partial charge in [0.1, 0.15) is 6.10 Å². The predicted octanol–water partition coefficient (Wildman–Crippen LogP) is 3.99. The molecular formula is C18H24O2. The zero-order chi connectivity index (χ0) is 14.4. The molecule has 2 saturated carbocycles. The molecule has 1 aromatic rings. The molecule has 3 atom stereocenters. The summed E-state index contributed by atoms with van der Waals surface area (Å²) in [6.45, 7) is 6.99. The Morgan fingerprint density at radius 2 is 1.95 bits per heavy atom. The molecule has 0 radical (unpaired) electrons. The summed E-state index contributed by atoms with van der Waals surface area (Å²) in [4.78, 5) is 12.2. The molecule has 0 N–H and O–H groups in total. The number of hydrogen-bond acceptors (Lipinski definition) is 2. The van der Waals surface area contributed by atoms with Crippen molar-refractivity contribution >= 4 is 5.97 Å². The SMILES string of the molecule is CC1(C)[C@@H]2CC[C@]1(C)C(OC(=O)Cc1ccccc1)C2. The van der Waals surface area contributed by atoms with Gasteiger partial charge in [0.25, 0.3) is 0 Å². The van der Waals surface area contributed by atoms with Gasteiger partial charge in [-0.1, -0.05) is 51.1 Å². The Kier molecular flexibility index (Phi) is 3.15. The lowest BCUT2D eigenvalue weighted by atomic mass is 9.70. The first kappa shape index (κ1) is 13.7. The van der Waals surface area contributed by atoms with E-state index in [9.17, 15) is 4.79 Å². The van der Waals surface area contributed by atoms with Crippen molar-refractivity contribution in [3.05, 3.63) is 35.9 Å². The number of hydrogen-bond donors (Lipinski definition) is 0. The van der Waals surface area contributed by atoms with Crippen molar-refractivity contribution in [2.45, 2.75) is 52.6 Å². The number of benzene rings is 1. The molecule has 2 aliphatic carbocycles. The highest BCUT2D eigenvalue weighted by atomic mass is 16.5. The molecule has 2 nitrogen and oxygen atoms in total. The average Bonchev–Trinajstić information content (AvgIpc) is 2.73. The molecule has 2 aliphatic rings. The van der Waals surface area contributed by atoms with Gasteiger partial charge in [-0.05, 0) is 36.2 Å². The van der Waals surface area contributed by atoms with Crippen LogP contribution in [0.1, 0.15) is 45.6 Å². The molecule has 20 heavy (non-hydrogen) atoms. The normalized spacial score (nSPS) is 34.1. The van der Waals surface area contributed by atoms with Crippen molar-refractivity contribution in [1.29, 1.82) is 0 Å². The fourth-order valence-corrected chi connectivity index (χ4v) is 4.27. The van der Waals surface area contributed by atoms with E-state index in [2.05, 4.69) is 20.8 Å². The first-order valence-electron chi connectivity index (χ1n) is 7.67. The maximum Gasteiger partial charge on any atom is 0.310 e. The molecule has 1 unspecified atom stereocenters. The summed E-state index contributed by atoms with van der Waals surface area (Å²) < 4.78 is 5.85. The van der Waals surface area contributed by atoms with Crippen LogP contribution < -0.4 is 0 Å². The molecule has 108 valence electrons. The molecule has 2 heteroatoms. The third-order valence-electron chi connectivity index (χ3n) is 6.18. The molecule has 1 aromatic carbocycles. The van der Waals surface area contributed by atoms with E-state index in [0.29, 0.717) is 17.8 Å². The Balaban J connectivity index is 1.66. The fraction of sp³-hybridized carbons (Fsp3) is 0.611. The first-order chi connectivity index (χ1) is 9.43. The van der Waals surface area contributed by atoms with Gasteiger partial charge in [0.15, 0.2) is 0 Å². The van der Waals surface area contributed by atoms with Crippen LogP contribution in [0.2, 0.25) is 0 Å². The zero-order valence-electron chi connectivity index (χ0n) is 12.7. The smallest absolute Gasteiger partial charge is 0.310 e. The number of carbonyl (C=O) groups is 1. The lowest BCUT2D eigenvalue weighted by Gasteiger charge is -2.38. The van der Waals surface area contributed by atoms with Crippen LogP contribution in [0.15, 0.2) is 30.3 Å². The summed E-state index contributed by atoms with van der Waals surface area (Å²) in [5, 5.41) is 0. The van der Waals surface area contributed by atoms with E-state index in [0.717, 1.165) is 12.0 Å². The maximum atomic E-state index is 12.2. The predicted molar refractivity (Wildman–Crippen MR) is 79.3 cm³/mol. The first-order valence-corrected chi connectivity index (χ1v) is 7.67. The Bertz CT molecular complexity index is 505. The third kappa shape index (κ3) is 1.97. The van der Waals surface area contributed by atoms with E-state index >= 15 is 0 Å². The van der Waals surface area contributed by atoms with Gasteiger partial charge in [0.2, 0.25) is 0 Å². The summed E-state index contributed by atoms with van der Waals surface area (Å²) in [5.74, 6) is 0.632. The van der Waals surface area contributed by atoms with Crippen LogP contribution in [0.4, 0.5) is 0 Å². The number of carbonyl (C=O) groups excluding carboxylic acids is 1. The third-order valence-corrected chi connectivity index (χ3v) is 6.18. The summed E-state index contributed by atoms with van der Waals surface area (Å²) in [5.41, 5.74) is 1.49. The highest BCUT2D eigenvalue weighted by Gasteiger charge is 2.62. The van der Waals surface area contributed by atoms with E-state index in [1.54, 1.807) is 0 Å². The molecular weight excluding hydrogens is 248 g/mol. The molecule has 0 heterocycles. The molecule has 0 saturated heterocycles. The number of esters is 1. The molecule has 0 aliphatic heterocycles. The summed E-state index contributed by atoms with van der Waals surface area (Å²) in [6, 6.07) is 9.85. The van der Waals surface area contributed by atoms with Crippen LogP contribution in [0.25, 0.3) is 0 Å². The average molecular weight is 272 g/mol. The number of fused-ring (bicyclic) bond motifs is 2. The van der Waals surface area contributed by atoms with E-state index in [4.69, 9.17) is 4.74 Å². The lowest BCUT2D eigenvalue weighted by molar-refractivity contribution is -0.156. The van der Waals surface area contributed by atoms with Crippen molar-refractivity contribution in [2.75, 3.05) is 0 Å². The monoisotopic (exact) mass is 272 g/mol. The van der Waals surface area contributed by atoms with Crippen LogP contribution in [0.5, 0.6) is 0 Å². The molecule has 2 fully saturated rings. The van der Waals surface area contributed by atoms with Gasteiger partial charge < -0.3 is 4.74 Å². The minimum absolute atomic E-state index is 0.0780. The standard InChI is InChI=1S/C18H24O2/c1-17(2)14-9-10-18(17,3)15(12-14)20-16(19)11-13-7-5-4-6-8-13/h4-8,14-15H,9-12H2,1-3H3/t14-,15?,18-/m1/s1. The Morgan fingerprint density at radius 3 is 2.50 bits per heavy atom. The molecule has 0 aromatic heterocycles. The van der Waals surface area contributed by atoms with Gasteiger partial charge >= 0.3 is 5.97 Å². The quantitative estimate of drug-likeness (QED) is 0.778. The Labute approximate surface area is 121 Å².